The van der Waals surface area contributed by atoms with E-state index >= 15 is 0 Å². The van der Waals surface area contributed by atoms with E-state index in [-0.39, 0.29) is 24.2 Å². The summed E-state index contributed by atoms with van der Waals surface area (Å²) in [5.41, 5.74) is 10.1. The maximum Gasteiger partial charge on any atom is 0.416 e. The van der Waals surface area contributed by atoms with E-state index in [4.69, 9.17) is 11.5 Å². The third kappa shape index (κ3) is 2.86. The van der Waals surface area contributed by atoms with Crippen LogP contribution in [0.2, 0.25) is 0 Å². The third-order valence-corrected chi connectivity index (χ3v) is 2.21. The van der Waals surface area contributed by atoms with E-state index in [0.717, 1.165) is 12.1 Å². The highest BCUT2D eigenvalue weighted by Crippen LogP contribution is 2.33. The van der Waals surface area contributed by atoms with Crippen LogP contribution in [0, 0.1) is 0 Å². The quantitative estimate of drug-likeness (QED) is 0.696. The van der Waals surface area contributed by atoms with Crippen LogP contribution in [-0.4, -0.2) is 11.7 Å². The molecule has 0 radical (unpaired) electrons. The van der Waals surface area contributed by atoms with Gasteiger partial charge in [-0.3, -0.25) is 0 Å². The second kappa shape index (κ2) is 4.71. The minimum atomic E-state index is -4.43. The largest absolute Gasteiger partial charge is 0.416 e. The van der Waals surface area contributed by atoms with Gasteiger partial charge in [0, 0.05) is 11.3 Å². The Bertz CT molecular complexity index is 366. The number of hydrogen-bond donors (Lipinski definition) is 3. The molecule has 0 aromatic heterocycles. The summed E-state index contributed by atoms with van der Waals surface area (Å²) in [5, 5.41) is 9.55. The predicted molar refractivity (Wildman–Crippen MR) is 54.5 cm³/mol. The van der Waals surface area contributed by atoms with E-state index in [0.29, 0.717) is 0 Å². The Morgan fingerprint density at radius 1 is 1.31 bits per heavy atom. The first-order valence-electron chi connectivity index (χ1n) is 4.71. The van der Waals surface area contributed by atoms with E-state index in [1.165, 1.54) is 6.07 Å². The fourth-order valence-corrected chi connectivity index (χ4v) is 1.37. The summed E-state index contributed by atoms with van der Waals surface area (Å²) < 4.78 is 36.9. The minimum absolute atomic E-state index is 0.0734. The fourth-order valence-electron chi connectivity index (χ4n) is 1.37. The molecule has 1 aromatic carbocycles. The molecule has 0 heterocycles. The SMILES string of the molecule is NCCC(O)c1ccc(C(F)(F)F)cc1N. The highest BCUT2D eigenvalue weighted by atomic mass is 19.4. The van der Waals surface area contributed by atoms with Crippen LogP contribution in [0.1, 0.15) is 23.7 Å². The molecule has 0 bridgehead atoms. The highest BCUT2D eigenvalue weighted by molar-refractivity contribution is 5.50. The van der Waals surface area contributed by atoms with Crippen molar-refractivity contribution < 1.29 is 18.3 Å². The van der Waals surface area contributed by atoms with Crippen molar-refractivity contribution >= 4 is 5.69 Å². The molecule has 6 heteroatoms. The fraction of sp³-hybridized carbons (Fsp3) is 0.400. The number of rotatable bonds is 3. The monoisotopic (exact) mass is 234 g/mol. The Hall–Kier alpha value is -1.27. The molecular formula is C10H13F3N2O. The van der Waals surface area contributed by atoms with E-state index in [2.05, 4.69) is 0 Å². The van der Waals surface area contributed by atoms with E-state index in [1.807, 2.05) is 0 Å². The smallest absolute Gasteiger partial charge is 0.398 e. The molecule has 16 heavy (non-hydrogen) atoms. The van der Waals surface area contributed by atoms with Gasteiger partial charge in [0.05, 0.1) is 11.7 Å². The molecule has 3 nitrogen and oxygen atoms in total. The number of halogens is 3. The summed E-state index contributed by atoms with van der Waals surface area (Å²) in [6, 6.07) is 2.89. The van der Waals surface area contributed by atoms with Gasteiger partial charge in [-0.1, -0.05) is 6.07 Å². The first-order valence-corrected chi connectivity index (χ1v) is 4.71. The maximum absolute atomic E-state index is 12.3. The van der Waals surface area contributed by atoms with Crippen LogP contribution in [0.15, 0.2) is 18.2 Å². The van der Waals surface area contributed by atoms with Crippen LogP contribution in [0.25, 0.3) is 0 Å². The van der Waals surface area contributed by atoms with Gasteiger partial charge in [-0.2, -0.15) is 13.2 Å². The lowest BCUT2D eigenvalue weighted by Gasteiger charge is -2.14. The Labute approximate surface area is 90.9 Å². The molecule has 1 aromatic rings. The zero-order chi connectivity index (χ0) is 12.3. The van der Waals surface area contributed by atoms with Crippen LogP contribution in [0.5, 0.6) is 0 Å². The van der Waals surface area contributed by atoms with Crippen molar-refractivity contribution in [2.45, 2.75) is 18.7 Å². The zero-order valence-corrected chi connectivity index (χ0v) is 8.46. The summed E-state index contributed by atoms with van der Waals surface area (Å²) >= 11 is 0. The molecule has 1 unspecified atom stereocenters. The molecule has 0 amide bonds. The first kappa shape index (κ1) is 12.8. The highest BCUT2D eigenvalue weighted by Gasteiger charge is 2.31. The molecular weight excluding hydrogens is 221 g/mol. The second-order valence-corrected chi connectivity index (χ2v) is 3.43. The maximum atomic E-state index is 12.3. The van der Waals surface area contributed by atoms with Crippen molar-refractivity contribution in [2.24, 2.45) is 5.73 Å². The first-order chi connectivity index (χ1) is 7.36. The van der Waals surface area contributed by atoms with E-state index < -0.39 is 17.8 Å². The molecule has 0 aliphatic heterocycles. The van der Waals surface area contributed by atoms with Crippen LogP contribution in [-0.2, 0) is 6.18 Å². The van der Waals surface area contributed by atoms with Crippen molar-refractivity contribution in [3.05, 3.63) is 29.3 Å². The van der Waals surface area contributed by atoms with Gasteiger partial charge in [-0.25, -0.2) is 0 Å². The third-order valence-electron chi connectivity index (χ3n) is 2.21. The minimum Gasteiger partial charge on any atom is -0.398 e. The summed E-state index contributed by atoms with van der Waals surface area (Å²) in [5.74, 6) is 0. The summed E-state index contributed by atoms with van der Waals surface area (Å²) in [6.07, 6.45) is -5.09. The Morgan fingerprint density at radius 3 is 2.38 bits per heavy atom. The van der Waals surface area contributed by atoms with Gasteiger partial charge >= 0.3 is 6.18 Å². The predicted octanol–water partition coefficient (Wildman–Crippen LogP) is 1.67. The number of anilines is 1. The van der Waals surface area contributed by atoms with Gasteiger partial charge in [0.15, 0.2) is 0 Å². The van der Waals surface area contributed by atoms with Crippen LogP contribution in [0.3, 0.4) is 0 Å². The Balaban J connectivity index is 3.00. The number of benzene rings is 1. The molecule has 0 aliphatic rings. The molecule has 0 saturated heterocycles. The Morgan fingerprint density at radius 2 is 1.94 bits per heavy atom. The lowest BCUT2D eigenvalue weighted by molar-refractivity contribution is -0.137. The average Bonchev–Trinajstić information content (AvgIpc) is 2.16. The standard InChI is InChI=1S/C10H13F3N2O/c11-10(12,13)6-1-2-7(8(15)5-6)9(16)3-4-14/h1-2,5,9,16H,3-4,14-15H2. The number of aliphatic hydroxyl groups is 1. The molecule has 5 N–H and O–H groups in total. The summed E-state index contributed by atoms with van der Waals surface area (Å²) in [6.45, 7) is 0.238. The van der Waals surface area contributed by atoms with Crippen LogP contribution in [0.4, 0.5) is 18.9 Å². The van der Waals surface area contributed by atoms with Gasteiger partial charge in [0.25, 0.3) is 0 Å². The van der Waals surface area contributed by atoms with Gasteiger partial charge in [-0.15, -0.1) is 0 Å². The van der Waals surface area contributed by atoms with Crippen LogP contribution >= 0.6 is 0 Å². The lowest BCUT2D eigenvalue weighted by Crippen LogP contribution is -2.11. The van der Waals surface area contributed by atoms with Crippen molar-refractivity contribution in [2.75, 3.05) is 12.3 Å². The summed E-state index contributed by atoms with van der Waals surface area (Å²) in [4.78, 5) is 0. The van der Waals surface area contributed by atoms with Gasteiger partial charge < -0.3 is 16.6 Å². The van der Waals surface area contributed by atoms with Gasteiger partial charge in [0.2, 0.25) is 0 Å². The molecule has 90 valence electrons. The second-order valence-electron chi connectivity index (χ2n) is 3.43. The normalized spacial score (nSPS) is 13.8. The zero-order valence-electron chi connectivity index (χ0n) is 8.46. The molecule has 1 rings (SSSR count). The van der Waals surface area contributed by atoms with Gasteiger partial charge in [0.1, 0.15) is 0 Å². The molecule has 1 atom stereocenters. The molecule has 0 fully saturated rings. The van der Waals surface area contributed by atoms with Crippen LogP contribution < -0.4 is 11.5 Å². The van der Waals surface area contributed by atoms with Gasteiger partial charge in [-0.05, 0) is 25.1 Å². The number of alkyl halides is 3. The van der Waals surface area contributed by atoms with E-state index in [1.54, 1.807) is 0 Å². The molecule has 0 spiro atoms. The van der Waals surface area contributed by atoms with Crippen molar-refractivity contribution in [3.63, 3.8) is 0 Å². The van der Waals surface area contributed by atoms with Crippen molar-refractivity contribution in [1.82, 2.24) is 0 Å². The number of nitrogens with two attached hydrogens (primary N) is 2. The topological polar surface area (TPSA) is 72.3 Å². The average molecular weight is 234 g/mol. The summed E-state index contributed by atoms with van der Waals surface area (Å²) in [7, 11) is 0. The van der Waals surface area contributed by atoms with E-state index in [9.17, 15) is 18.3 Å². The number of nitrogen functional groups attached to an aromatic ring is 1. The van der Waals surface area contributed by atoms with Crippen molar-refractivity contribution in [3.8, 4) is 0 Å². The number of aliphatic hydroxyl groups excluding tert-OH is 1. The van der Waals surface area contributed by atoms with Crippen molar-refractivity contribution in [1.29, 1.82) is 0 Å². The molecule has 0 aliphatic carbocycles. The molecule has 0 saturated carbocycles. The lowest BCUT2D eigenvalue weighted by atomic mass is 10.0. The Kier molecular flexibility index (Phi) is 3.77. The number of hydrogen-bond acceptors (Lipinski definition) is 3.